The van der Waals surface area contributed by atoms with E-state index in [4.69, 9.17) is 11.6 Å². The topological polar surface area (TPSA) is 51.1 Å². The number of pyridine rings is 1. The second kappa shape index (κ2) is 6.95. The molecule has 4 nitrogen and oxygen atoms in total. The highest BCUT2D eigenvalue weighted by Gasteiger charge is 2.32. The molecular weight excluding hydrogens is 333 g/mol. The predicted molar refractivity (Wildman–Crippen MR) is 80.3 cm³/mol. The van der Waals surface area contributed by atoms with E-state index in [1.165, 1.54) is 0 Å². The molecule has 0 bridgehead atoms. The second-order valence-corrected chi connectivity index (χ2v) is 6.45. The molecule has 0 aromatic carbocycles. The molecule has 1 N–H and O–H groups in total. The van der Waals surface area contributed by atoms with Crippen molar-refractivity contribution in [2.24, 2.45) is 5.92 Å². The van der Waals surface area contributed by atoms with Gasteiger partial charge in [-0.05, 0) is 24.8 Å². The first-order chi connectivity index (χ1) is 10.7. The van der Waals surface area contributed by atoms with Gasteiger partial charge in [0.15, 0.2) is 0 Å². The number of aromatic nitrogens is 1. The lowest BCUT2D eigenvalue weighted by Gasteiger charge is -2.27. The summed E-state index contributed by atoms with van der Waals surface area (Å²) in [6.07, 6.45) is -0.222. The Balaban J connectivity index is 2.11. The number of carbonyl (C=O) groups excluding carboxylic acids is 1. The molecule has 1 aliphatic carbocycles. The summed E-state index contributed by atoms with van der Waals surface area (Å²) in [6, 6.07) is 0.574. The van der Waals surface area contributed by atoms with Crippen LogP contribution < -0.4 is 10.9 Å². The number of carbonyl (C=O) groups is 1. The van der Waals surface area contributed by atoms with Crippen LogP contribution in [0.25, 0.3) is 0 Å². The average molecular weight is 351 g/mol. The van der Waals surface area contributed by atoms with Crippen molar-refractivity contribution in [1.82, 2.24) is 9.88 Å². The second-order valence-electron chi connectivity index (χ2n) is 6.04. The number of halogens is 4. The summed E-state index contributed by atoms with van der Waals surface area (Å²) >= 11 is 5.55. The largest absolute Gasteiger partial charge is 0.417 e. The first-order valence-corrected chi connectivity index (χ1v) is 7.81. The van der Waals surface area contributed by atoms with Crippen LogP contribution in [0.1, 0.15) is 38.2 Å². The van der Waals surface area contributed by atoms with Crippen LogP contribution in [0.2, 0.25) is 5.02 Å². The molecule has 0 spiro atoms. The Labute approximate surface area is 136 Å². The van der Waals surface area contributed by atoms with Crippen LogP contribution in [0.3, 0.4) is 0 Å². The van der Waals surface area contributed by atoms with Gasteiger partial charge in [0.2, 0.25) is 5.91 Å². The molecule has 1 saturated carbocycles. The van der Waals surface area contributed by atoms with Gasteiger partial charge in [0.25, 0.3) is 5.56 Å². The number of hydrogen-bond donors (Lipinski definition) is 1. The van der Waals surface area contributed by atoms with Crippen molar-refractivity contribution in [2.45, 2.75) is 51.4 Å². The fraction of sp³-hybridized carbons (Fsp3) is 0.600. The lowest BCUT2D eigenvalue weighted by Crippen LogP contribution is -2.41. The van der Waals surface area contributed by atoms with Gasteiger partial charge >= 0.3 is 6.18 Å². The van der Waals surface area contributed by atoms with Crippen molar-refractivity contribution in [3.8, 4) is 0 Å². The molecule has 8 heteroatoms. The van der Waals surface area contributed by atoms with Gasteiger partial charge in [-0.3, -0.25) is 9.59 Å². The highest BCUT2D eigenvalue weighted by atomic mass is 35.5. The maximum Gasteiger partial charge on any atom is 0.417 e. The number of nitrogens with one attached hydrogen (secondary N) is 1. The first-order valence-electron chi connectivity index (χ1n) is 7.43. The van der Waals surface area contributed by atoms with E-state index in [1.54, 1.807) is 0 Å². The highest BCUT2D eigenvalue weighted by Crippen LogP contribution is 2.29. The Hall–Kier alpha value is -1.50. The Kier molecular flexibility index (Phi) is 5.39. The van der Waals surface area contributed by atoms with Crippen molar-refractivity contribution in [1.29, 1.82) is 0 Å². The molecule has 0 saturated heterocycles. The molecule has 1 amide bonds. The summed E-state index contributed by atoms with van der Waals surface area (Å²) in [4.78, 5) is 23.8. The molecule has 1 heterocycles. The minimum Gasteiger partial charge on any atom is -0.352 e. The zero-order chi connectivity index (χ0) is 17.2. The number of rotatable bonds is 3. The third-order valence-electron chi connectivity index (χ3n) is 3.99. The molecule has 0 radical (unpaired) electrons. The van der Waals surface area contributed by atoms with Crippen LogP contribution in [-0.2, 0) is 17.5 Å². The van der Waals surface area contributed by atoms with E-state index in [2.05, 4.69) is 12.2 Å². The third-order valence-corrected chi connectivity index (χ3v) is 4.26. The molecule has 128 valence electrons. The number of alkyl halides is 3. The molecular formula is C15H18ClF3N2O2. The maximum absolute atomic E-state index is 12.8. The van der Waals surface area contributed by atoms with E-state index in [9.17, 15) is 22.8 Å². The van der Waals surface area contributed by atoms with Crippen molar-refractivity contribution in [3.05, 3.63) is 33.2 Å². The van der Waals surface area contributed by atoms with Crippen LogP contribution in [0.5, 0.6) is 0 Å². The summed E-state index contributed by atoms with van der Waals surface area (Å²) in [5.41, 5.74) is -1.87. The number of amides is 1. The van der Waals surface area contributed by atoms with E-state index in [-0.39, 0.29) is 6.04 Å². The maximum atomic E-state index is 12.8. The Morgan fingerprint density at radius 3 is 2.74 bits per heavy atom. The van der Waals surface area contributed by atoms with Crippen molar-refractivity contribution >= 4 is 17.5 Å². The van der Waals surface area contributed by atoms with E-state index in [0.717, 1.165) is 25.7 Å². The lowest BCUT2D eigenvalue weighted by atomic mass is 9.87. The summed E-state index contributed by atoms with van der Waals surface area (Å²) in [5, 5.41) is 2.22. The van der Waals surface area contributed by atoms with Crippen LogP contribution in [0.15, 0.2) is 17.1 Å². The average Bonchev–Trinajstić information content (AvgIpc) is 2.42. The van der Waals surface area contributed by atoms with Crippen LogP contribution in [0.4, 0.5) is 13.2 Å². The molecule has 0 aliphatic heterocycles. The minimum absolute atomic E-state index is 0.00298. The molecule has 2 atom stereocenters. The van der Waals surface area contributed by atoms with Crippen molar-refractivity contribution in [3.63, 3.8) is 0 Å². The minimum atomic E-state index is -4.63. The zero-order valence-electron chi connectivity index (χ0n) is 12.6. The summed E-state index contributed by atoms with van der Waals surface area (Å²) < 4.78 is 39.0. The third kappa shape index (κ3) is 4.73. The smallest absolute Gasteiger partial charge is 0.352 e. The van der Waals surface area contributed by atoms with E-state index in [0.29, 0.717) is 22.7 Å². The summed E-state index contributed by atoms with van der Waals surface area (Å²) in [7, 11) is 0. The van der Waals surface area contributed by atoms with Crippen LogP contribution in [-0.4, -0.2) is 16.5 Å². The van der Waals surface area contributed by atoms with Gasteiger partial charge in [-0.2, -0.15) is 13.2 Å². The fourth-order valence-corrected chi connectivity index (χ4v) is 3.09. The molecule has 1 aliphatic rings. The van der Waals surface area contributed by atoms with Gasteiger partial charge in [0, 0.05) is 12.2 Å². The number of hydrogen-bond acceptors (Lipinski definition) is 2. The van der Waals surface area contributed by atoms with E-state index >= 15 is 0 Å². The monoisotopic (exact) mass is 350 g/mol. The lowest BCUT2D eigenvalue weighted by molar-refractivity contribution is -0.138. The summed E-state index contributed by atoms with van der Waals surface area (Å²) in [5.74, 6) is 0.0152. The van der Waals surface area contributed by atoms with Crippen LogP contribution in [0, 0.1) is 5.92 Å². The van der Waals surface area contributed by atoms with Gasteiger partial charge in [-0.15, -0.1) is 0 Å². The standard InChI is InChI=1S/C15H18ClF3N2O2/c1-9-3-2-4-11(5-9)20-13(22)8-21-7-10(15(17,18)19)6-12(16)14(21)23/h6-7,9,11H,2-5,8H2,1H3,(H,20,22)/t9-,11-/m1/s1. The molecule has 1 aromatic heterocycles. The zero-order valence-corrected chi connectivity index (χ0v) is 13.4. The SMILES string of the molecule is C[C@@H]1CCC[C@@H](NC(=O)Cn2cc(C(F)(F)F)cc(Cl)c2=O)C1. The number of nitrogens with zero attached hydrogens (tertiary/aromatic N) is 1. The molecule has 23 heavy (non-hydrogen) atoms. The van der Waals surface area contributed by atoms with E-state index < -0.39 is 34.8 Å². The van der Waals surface area contributed by atoms with Gasteiger partial charge in [0.05, 0.1) is 5.56 Å². The Bertz CT molecular complexity index is 643. The Morgan fingerprint density at radius 1 is 1.43 bits per heavy atom. The van der Waals surface area contributed by atoms with Gasteiger partial charge in [0.1, 0.15) is 11.6 Å². The quantitative estimate of drug-likeness (QED) is 0.910. The van der Waals surface area contributed by atoms with Crippen LogP contribution >= 0.6 is 11.6 Å². The van der Waals surface area contributed by atoms with Crippen molar-refractivity contribution < 1.29 is 18.0 Å². The van der Waals surface area contributed by atoms with Gasteiger partial charge < -0.3 is 9.88 Å². The molecule has 2 rings (SSSR count). The highest BCUT2D eigenvalue weighted by molar-refractivity contribution is 6.30. The molecule has 0 unspecified atom stereocenters. The summed E-state index contributed by atoms with van der Waals surface area (Å²) in [6.45, 7) is 1.61. The predicted octanol–water partition coefficient (Wildman–Crippen LogP) is 3.22. The fourth-order valence-electron chi connectivity index (χ4n) is 2.86. The normalized spacial score (nSPS) is 22.0. The van der Waals surface area contributed by atoms with E-state index in [1.807, 2.05) is 0 Å². The van der Waals surface area contributed by atoms with Crippen molar-refractivity contribution in [2.75, 3.05) is 0 Å². The molecule has 1 aromatic rings. The van der Waals surface area contributed by atoms with Gasteiger partial charge in [-0.1, -0.05) is 31.4 Å². The van der Waals surface area contributed by atoms with Gasteiger partial charge in [-0.25, -0.2) is 0 Å². The Morgan fingerprint density at radius 2 is 2.13 bits per heavy atom. The molecule has 1 fully saturated rings. The first kappa shape index (κ1) is 17.8.